The number of anilines is 1. The fourth-order valence-electron chi connectivity index (χ4n) is 2.01. The van der Waals surface area contributed by atoms with Crippen LogP contribution in [0.2, 0.25) is 0 Å². The van der Waals surface area contributed by atoms with E-state index >= 15 is 0 Å². The average Bonchev–Trinajstić information content (AvgIpc) is 2.73. The van der Waals surface area contributed by atoms with Crippen molar-refractivity contribution in [3.63, 3.8) is 0 Å². The Morgan fingerprint density at radius 2 is 1.81 bits per heavy atom. The lowest BCUT2D eigenvalue weighted by Crippen LogP contribution is -2.25. The van der Waals surface area contributed by atoms with Crippen LogP contribution in [0.5, 0.6) is 11.5 Å². The maximum atomic E-state index is 13.4. The molecule has 0 saturated heterocycles. The van der Waals surface area contributed by atoms with Gasteiger partial charge >= 0.3 is 6.29 Å². The third kappa shape index (κ3) is 2.89. The van der Waals surface area contributed by atoms with Gasteiger partial charge in [0.05, 0.1) is 0 Å². The van der Waals surface area contributed by atoms with E-state index in [1.165, 1.54) is 18.2 Å². The summed E-state index contributed by atoms with van der Waals surface area (Å²) in [7, 11) is 0. The summed E-state index contributed by atoms with van der Waals surface area (Å²) in [4.78, 5) is 0. The molecule has 1 aliphatic heterocycles. The Balaban J connectivity index is 1.71. The minimum atomic E-state index is -3.62. The van der Waals surface area contributed by atoms with Gasteiger partial charge in [-0.05, 0) is 36.2 Å². The maximum Gasteiger partial charge on any atom is 0.586 e. The Bertz CT molecular complexity index is 689. The zero-order chi connectivity index (χ0) is 15.0. The van der Waals surface area contributed by atoms with E-state index < -0.39 is 6.29 Å². The Hall–Kier alpha value is -2.37. The van der Waals surface area contributed by atoms with Crippen molar-refractivity contribution in [1.29, 1.82) is 0 Å². The first-order valence-corrected chi connectivity index (χ1v) is 6.32. The summed E-state index contributed by atoms with van der Waals surface area (Å²) in [6, 6.07) is 9.33. The molecule has 21 heavy (non-hydrogen) atoms. The molecule has 2 aromatic carbocycles. The Kier molecular flexibility index (Phi) is 3.16. The first kappa shape index (κ1) is 13.6. The highest BCUT2D eigenvalue weighted by Gasteiger charge is 2.43. The van der Waals surface area contributed by atoms with Crippen molar-refractivity contribution >= 4 is 5.69 Å². The van der Waals surface area contributed by atoms with Gasteiger partial charge in [0.1, 0.15) is 5.82 Å². The van der Waals surface area contributed by atoms with Gasteiger partial charge in [-0.25, -0.2) is 4.39 Å². The number of hydrogen-bond acceptors (Lipinski definition) is 3. The molecular formula is C15H12F3NO2. The van der Waals surface area contributed by atoms with Gasteiger partial charge in [-0.15, -0.1) is 8.78 Å². The van der Waals surface area contributed by atoms with Gasteiger partial charge in [0.15, 0.2) is 11.5 Å². The van der Waals surface area contributed by atoms with Gasteiger partial charge in [-0.3, -0.25) is 0 Å². The molecule has 1 heterocycles. The molecule has 0 atom stereocenters. The molecule has 0 amide bonds. The van der Waals surface area contributed by atoms with Crippen molar-refractivity contribution in [2.75, 3.05) is 5.32 Å². The highest BCUT2D eigenvalue weighted by Crippen LogP contribution is 2.42. The van der Waals surface area contributed by atoms with Crippen LogP contribution in [-0.2, 0) is 6.54 Å². The third-order valence-electron chi connectivity index (χ3n) is 3.13. The summed E-state index contributed by atoms with van der Waals surface area (Å²) in [5, 5.41) is 3.02. The molecule has 0 fully saturated rings. The molecule has 3 rings (SSSR count). The highest BCUT2D eigenvalue weighted by molar-refractivity contribution is 5.56. The van der Waals surface area contributed by atoms with E-state index in [1.807, 2.05) is 0 Å². The molecule has 1 N–H and O–H groups in total. The first-order valence-electron chi connectivity index (χ1n) is 6.32. The third-order valence-corrected chi connectivity index (χ3v) is 3.13. The van der Waals surface area contributed by atoms with Crippen LogP contribution in [0.3, 0.4) is 0 Å². The average molecular weight is 295 g/mol. The van der Waals surface area contributed by atoms with Crippen LogP contribution in [0.1, 0.15) is 11.1 Å². The van der Waals surface area contributed by atoms with Crippen LogP contribution in [0.4, 0.5) is 18.9 Å². The van der Waals surface area contributed by atoms with E-state index in [2.05, 4.69) is 14.8 Å². The number of rotatable bonds is 3. The molecule has 0 spiro atoms. The number of benzene rings is 2. The minimum absolute atomic E-state index is 0.00747. The van der Waals surface area contributed by atoms with Gasteiger partial charge in [-0.2, -0.15) is 0 Å². The molecule has 2 aromatic rings. The molecule has 3 nitrogen and oxygen atoms in total. The zero-order valence-corrected chi connectivity index (χ0v) is 11.1. The largest absolute Gasteiger partial charge is 0.586 e. The molecule has 110 valence electrons. The normalized spacial score (nSPS) is 15.0. The van der Waals surface area contributed by atoms with E-state index in [0.717, 1.165) is 5.56 Å². The van der Waals surface area contributed by atoms with Crippen molar-refractivity contribution in [3.05, 3.63) is 53.3 Å². The maximum absolute atomic E-state index is 13.4. The van der Waals surface area contributed by atoms with Gasteiger partial charge in [0, 0.05) is 18.3 Å². The number of halogens is 3. The number of nitrogens with one attached hydrogen (secondary N) is 1. The second kappa shape index (κ2) is 4.87. The molecule has 1 aliphatic rings. The second-order valence-electron chi connectivity index (χ2n) is 4.77. The molecule has 0 saturated carbocycles. The highest BCUT2D eigenvalue weighted by atomic mass is 19.3. The van der Waals surface area contributed by atoms with E-state index in [-0.39, 0.29) is 17.3 Å². The molecule has 6 heteroatoms. The van der Waals surface area contributed by atoms with Gasteiger partial charge in [0.2, 0.25) is 0 Å². The van der Waals surface area contributed by atoms with Crippen molar-refractivity contribution in [3.8, 4) is 11.5 Å². The van der Waals surface area contributed by atoms with Crippen LogP contribution in [-0.4, -0.2) is 6.29 Å². The lowest BCUT2D eigenvalue weighted by molar-refractivity contribution is -0.286. The van der Waals surface area contributed by atoms with Crippen molar-refractivity contribution in [2.45, 2.75) is 19.8 Å². The standard InChI is InChI=1S/C15H12F3NO2/c1-9-2-3-10(6-12(9)16)8-19-11-4-5-13-14(7-11)21-15(17,18)20-13/h2-7,19H,8H2,1H3. The summed E-state index contributed by atoms with van der Waals surface area (Å²) in [6.45, 7) is 2.05. The predicted molar refractivity (Wildman–Crippen MR) is 71.1 cm³/mol. The van der Waals surface area contributed by atoms with Crippen LogP contribution in [0, 0.1) is 12.7 Å². The lowest BCUT2D eigenvalue weighted by Gasteiger charge is -2.08. The minimum Gasteiger partial charge on any atom is -0.395 e. The number of aryl methyl sites for hydroxylation is 1. The van der Waals surface area contributed by atoms with Crippen molar-refractivity contribution in [2.24, 2.45) is 0 Å². The SMILES string of the molecule is Cc1ccc(CNc2ccc3c(c2)OC(F)(F)O3)cc1F. The second-order valence-corrected chi connectivity index (χ2v) is 4.77. The van der Waals surface area contributed by atoms with Gasteiger partial charge < -0.3 is 14.8 Å². The van der Waals surface area contributed by atoms with Crippen LogP contribution >= 0.6 is 0 Å². The number of ether oxygens (including phenoxy) is 2. The molecule has 0 radical (unpaired) electrons. The summed E-state index contributed by atoms with van der Waals surface area (Å²) in [5.41, 5.74) is 1.90. The van der Waals surface area contributed by atoms with Crippen LogP contribution in [0.15, 0.2) is 36.4 Å². The number of hydrogen-bond donors (Lipinski definition) is 1. The number of alkyl halides is 2. The predicted octanol–water partition coefficient (Wildman–Crippen LogP) is 4.07. The quantitative estimate of drug-likeness (QED) is 0.926. The summed E-state index contributed by atoms with van der Waals surface area (Å²) in [5.74, 6) is -0.313. The Labute approximate surface area is 119 Å². The molecule has 0 aliphatic carbocycles. The summed E-state index contributed by atoms with van der Waals surface area (Å²) >= 11 is 0. The van der Waals surface area contributed by atoms with E-state index in [0.29, 0.717) is 17.8 Å². The number of fused-ring (bicyclic) bond motifs is 1. The monoisotopic (exact) mass is 295 g/mol. The fourth-order valence-corrected chi connectivity index (χ4v) is 2.01. The van der Waals surface area contributed by atoms with Gasteiger partial charge in [0.25, 0.3) is 0 Å². The van der Waals surface area contributed by atoms with Crippen molar-refractivity contribution < 1.29 is 22.6 Å². The molecule has 0 bridgehead atoms. The van der Waals surface area contributed by atoms with E-state index in [1.54, 1.807) is 25.1 Å². The topological polar surface area (TPSA) is 30.5 Å². The summed E-state index contributed by atoms with van der Waals surface area (Å²) in [6.07, 6.45) is -3.62. The smallest absolute Gasteiger partial charge is 0.395 e. The Morgan fingerprint density at radius 1 is 1.05 bits per heavy atom. The molecule has 0 aromatic heterocycles. The molecule has 0 unspecified atom stereocenters. The fraction of sp³-hybridized carbons (Fsp3) is 0.200. The lowest BCUT2D eigenvalue weighted by atomic mass is 10.1. The van der Waals surface area contributed by atoms with E-state index in [9.17, 15) is 13.2 Å². The first-order chi connectivity index (χ1) is 9.93. The Morgan fingerprint density at radius 3 is 2.57 bits per heavy atom. The van der Waals surface area contributed by atoms with Gasteiger partial charge in [-0.1, -0.05) is 12.1 Å². The summed E-state index contributed by atoms with van der Waals surface area (Å²) < 4.78 is 47.9. The van der Waals surface area contributed by atoms with Crippen LogP contribution in [0.25, 0.3) is 0 Å². The van der Waals surface area contributed by atoms with Crippen molar-refractivity contribution in [1.82, 2.24) is 0 Å². The zero-order valence-electron chi connectivity index (χ0n) is 11.1. The molecular weight excluding hydrogens is 283 g/mol. The van der Waals surface area contributed by atoms with Crippen LogP contribution < -0.4 is 14.8 Å². The van der Waals surface area contributed by atoms with E-state index in [4.69, 9.17) is 0 Å².